The number of nitrogens with one attached hydrogen (secondary N) is 2. The minimum atomic E-state index is -0.441. The second-order valence-electron chi connectivity index (χ2n) is 7.39. The quantitative estimate of drug-likeness (QED) is 0.783. The lowest BCUT2D eigenvalue weighted by atomic mass is 9.89. The van der Waals surface area contributed by atoms with Gasteiger partial charge in [0.25, 0.3) is 5.91 Å². The van der Waals surface area contributed by atoms with Crippen LogP contribution in [0.5, 0.6) is 0 Å². The van der Waals surface area contributed by atoms with E-state index in [0.717, 1.165) is 11.1 Å². The van der Waals surface area contributed by atoms with Crippen LogP contribution in [0, 0.1) is 0 Å². The van der Waals surface area contributed by atoms with Gasteiger partial charge in [-0.05, 0) is 35.3 Å². The van der Waals surface area contributed by atoms with E-state index in [9.17, 15) is 14.4 Å². The number of hydrogen-bond donors (Lipinski definition) is 2. The van der Waals surface area contributed by atoms with Crippen molar-refractivity contribution in [3.8, 4) is 0 Å². The number of carbonyl (C=O) groups is 3. The summed E-state index contributed by atoms with van der Waals surface area (Å²) in [6.07, 6.45) is 1.99. The Morgan fingerprint density at radius 2 is 1.86 bits per heavy atom. The van der Waals surface area contributed by atoms with Crippen LogP contribution < -0.4 is 10.6 Å². The number of carbonyl (C=O) groups excluding carboxylic acids is 3. The molecular weight excluding hydrogens is 366 g/mol. The molecular formula is C23H23N3O3. The molecule has 0 aromatic heterocycles. The molecule has 148 valence electrons. The topological polar surface area (TPSA) is 78.5 Å². The summed E-state index contributed by atoms with van der Waals surface area (Å²) >= 11 is 0. The van der Waals surface area contributed by atoms with Gasteiger partial charge in [0.05, 0.1) is 12.0 Å². The van der Waals surface area contributed by atoms with Crippen LogP contribution in [0.3, 0.4) is 0 Å². The summed E-state index contributed by atoms with van der Waals surface area (Å²) < 4.78 is 0. The molecule has 0 fully saturated rings. The Balaban J connectivity index is 1.50. The van der Waals surface area contributed by atoms with Crippen LogP contribution >= 0.6 is 0 Å². The number of fused-ring (bicyclic) bond motifs is 2. The molecule has 0 radical (unpaired) electrons. The van der Waals surface area contributed by atoms with Gasteiger partial charge in [0.1, 0.15) is 0 Å². The molecule has 0 aliphatic carbocycles. The van der Waals surface area contributed by atoms with Gasteiger partial charge >= 0.3 is 0 Å². The summed E-state index contributed by atoms with van der Waals surface area (Å²) in [4.78, 5) is 39.1. The first-order valence-corrected chi connectivity index (χ1v) is 9.73. The second-order valence-corrected chi connectivity index (χ2v) is 7.39. The SMILES string of the molecule is C=CC(=O)N1Cc2ccccc2CC1CNC(=O)C1CNC(=O)c2ccccc21. The predicted molar refractivity (Wildman–Crippen MR) is 109 cm³/mol. The summed E-state index contributed by atoms with van der Waals surface area (Å²) in [6, 6.07) is 15.1. The maximum absolute atomic E-state index is 12.9. The second kappa shape index (κ2) is 7.91. The molecule has 0 spiro atoms. The van der Waals surface area contributed by atoms with Crippen molar-refractivity contribution in [2.45, 2.75) is 24.9 Å². The average Bonchev–Trinajstić information content (AvgIpc) is 2.76. The van der Waals surface area contributed by atoms with E-state index >= 15 is 0 Å². The van der Waals surface area contributed by atoms with Crippen LogP contribution in [-0.2, 0) is 22.6 Å². The van der Waals surface area contributed by atoms with Crippen LogP contribution in [0.4, 0.5) is 0 Å². The molecule has 0 bridgehead atoms. The molecule has 4 rings (SSSR count). The summed E-state index contributed by atoms with van der Waals surface area (Å²) in [5.74, 6) is -0.893. The number of benzene rings is 2. The Hall–Kier alpha value is -3.41. The van der Waals surface area contributed by atoms with Gasteiger partial charge in [0.15, 0.2) is 0 Å². The van der Waals surface area contributed by atoms with Crippen molar-refractivity contribution in [1.29, 1.82) is 0 Å². The van der Waals surface area contributed by atoms with Gasteiger partial charge < -0.3 is 15.5 Å². The van der Waals surface area contributed by atoms with Gasteiger partial charge in [-0.3, -0.25) is 14.4 Å². The smallest absolute Gasteiger partial charge is 0.251 e. The number of rotatable bonds is 4. The third kappa shape index (κ3) is 3.66. The number of amides is 3. The van der Waals surface area contributed by atoms with Gasteiger partial charge in [-0.15, -0.1) is 0 Å². The third-order valence-electron chi connectivity index (χ3n) is 5.69. The molecule has 2 heterocycles. The monoisotopic (exact) mass is 389 g/mol. The zero-order chi connectivity index (χ0) is 20.4. The lowest BCUT2D eigenvalue weighted by Gasteiger charge is -2.37. The largest absolute Gasteiger partial charge is 0.353 e. The zero-order valence-corrected chi connectivity index (χ0v) is 16.1. The molecule has 2 aromatic rings. The van der Waals surface area contributed by atoms with Crippen molar-refractivity contribution < 1.29 is 14.4 Å². The van der Waals surface area contributed by atoms with E-state index in [1.165, 1.54) is 11.6 Å². The van der Waals surface area contributed by atoms with Gasteiger partial charge in [0, 0.05) is 25.2 Å². The maximum Gasteiger partial charge on any atom is 0.251 e. The average molecular weight is 389 g/mol. The normalized spacial score (nSPS) is 20.1. The highest BCUT2D eigenvalue weighted by molar-refractivity contribution is 6.00. The molecule has 6 heteroatoms. The minimum absolute atomic E-state index is 0.144. The van der Waals surface area contributed by atoms with E-state index in [1.54, 1.807) is 17.0 Å². The number of nitrogens with zero attached hydrogens (tertiary/aromatic N) is 1. The van der Waals surface area contributed by atoms with Crippen molar-refractivity contribution >= 4 is 17.7 Å². The summed E-state index contributed by atoms with van der Waals surface area (Å²) in [6.45, 7) is 4.73. The van der Waals surface area contributed by atoms with Crippen molar-refractivity contribution in [1.82, 2.24) is 15.5 Å². The predicted octanol–water partition coefficient (Wildman–Crippen LogP) is 1.77. The molecule has 2 aromatic carbocycles. The Labute approximate surface area is 169 Å². The Morgan fingerprint density at radius 3 is 2.66 bits per heavy atom. The Kier molecular flexibility index (Phi) is 5.16. The van der Waals surface area contributed by atoms with Crippen LogP contribution in [-0.4, -0.2) is 41.8 Å². The first-order valence-electron chi connectivity index (χ1n) is 9.73. The van der Waals surface area contributed by atoms with Crippen LogP contribution in [0.25, 0.3) is 0 Å². The van der Waals surface area contributed by atoms with E-state index in [1.807, 2.05) is 30.3 Å². The van der Waals surface area contributed by atoms with Crippen LogP contribution in [0.1, 0.15) is 33.0 Å². The highest BCUT2D eigenvalue weighted by Gasteiger charge is 2.32. The Bertz CT molecular complexity index is 985. The van der Waals surface area contributed by atoms with Crippen LogP contribution in [0.15, 0.2) is 61.2 Å². The summed E-state index contributed by atoms with van der Waals surface area (Å²) in [5.41, 5.74) is 3.58. The van der Waals surface area contributed by atoms with Crippen molar-refractivity contribution in [3.05, 3.63) is 83.4 Å². The van der Waals surface area contributed by atoms with E-state index in [-0.39, 0.29) is 30.3 Å². The third-order valence-corrected chi connectivity index (χ3v) is 5.69. The van der Waals surface area contributed by atoms with Gasteiger partial charge in [-0.1, -0.05) is 49.0 Å². The lowest BCUT2D eigenvalue weighted by Crippen LogP contribution is -2.51. The summed E-state index contributed by atoms with van der Waals surface area (Å²) in [7, 11) is 0. The zero-order valence-electron chi connectivity index (χ0n) is 16.1. The van der Waals surface area contributed by atoms with Gasteiger partial charge in [-0.2, -0.15) is 0 Å². The lowest BCUT2D eigenvalue weighted by molar-refractivity contribution is -0.130. The van der Waals surface area contributed by atoms with E-state index in [2.05, 4.69) is 23.3 Å². The fourth-order valence-electron chi connectivity index (χ4n) is 4.13. The minimum Gasteiger partial charge on any atom is -0.353 e. The first kappa shape index (κ1) is 18.9. The highest BCUT2D eigenvalue weighted by Crippen LogP contribution is 2.25. The molecule has 2 N–H and O–H groups in total. The maximum atomic E-state index is 12.9. The van der Waals surface area contributed by atoms with Gasteiger partial charge in [-0.25, -0.2) is 0 Å². The van der Waals surface area contributed by atoms with E-state index in [0.29, 0.717) is 25.1 Å². The molecule has 0 saturated heterocycles. The summed E-state index contributed by atoms with van der Waals surface area (Å²) in [5, 5.41) is 5.78. The molecule has 2 unspecified atom stereocenters. The highest BCUT2D eigenvalue weighted by atomic mass is 16.2. The first-order chi connectivity index (χ1) is 14.1. The fraction of sp³-hybridized carbons (Fsp3) is 0.261. The van der Waals surface area contributed by atoms with Gasteiger partial charge in [0.2, 0.25) is 11.8 Å². The molecule has 6 nitrogen and oxygen atoms in total. The molecule has 2 aliphatic rings. The standard InChI is InChI=1S/C23H23N3O3/c1-2-21(27)26-14-16-8-4-3-7-15(16)11-17(26)12-24-23(29)20-13-25-22(28)19-10-6-5-9-18(19)20/h2-10,17,20H,1,11-14H2,(H,24,29)(H,25,28). The van der Waals surface area contributed by atoms with Crippen molar-refractivity contribution in [2.75, 3.05) is 13.1 Å². The molecule has 3 amide bonds. The fourth-order valence-corrected chi connectivity index (χ4v) is 4.13. The molecule has 2 atom stereocenters. The van der Waals surface area contributed by atoms with Crippen molar-refractivity contribution in [2.24, 2.45) is 0 Å². The molecule has 29 heavy (non-hydrogen) atoms. The van der Waals surface area contributed by atoms with Crippen molar-refractivity contribution in [3.63, 3.8) is 0 Å². The molecule has 2 aliphatic heterocycles. The Morgan fingerprint density at radius 1 is 1.14 bits per heavy atom. The van der Waals surface area contributed by atoms with Crippen LogP contribution in [0.2, 0.25) is 0 Å². The van der Waals surface area contributed by atoms with E-state index < -0.39 is 5.92 Å². The number of hydrogen-bond acceptors (Lipinski definition) is 3. The van der Waals surface area contributed by atoms with E-state index in [4.69, 9.17) is 0 Å². The molecule has 0 saturated carbocycles.